The molecule has 1 aromatic heterocycles. The van der Waals surface area contributed by atoms with Crippen LogP contribution in [0.3, 0.4) is 0 Å². The number of carbonyl (C=O) groups excluding carboxylic acids is 1. The maximum atomic E-state index is 12.0. The van der Waals surface area contributed by atoms with Crippen molar-refractivity contribution in [2.45, 2.75) is 39.2 Å². The molecule has 1 aliphatic rings. The number of aryl methyl sites for hydroxylation is 2. The van der Waals surface area contributed by atoms with Crippen LogP contribution in [0.4, 0.5) is 0 Å². The lowest BCUT2D eigenvalue weighted by atomic mass is 10.0. The van der Waals surface area contributed by atoms with E-state index in [2.05, 4.69) is 10.7 Å². The minimum absolute atomic E-state index is 0.0325. The number of nitrogens with zero attached hydrogens (tertiary/aromatic N) is 1. The fraction of sp³-hybridized carbons (Fsp3) is 0.583. The van der Waals surface area contributed by atoms with Gasteiger partial charge in [0, 0.05) is 11.4 Å². The van der Waals surface area contributed by atoms with Crippen molar-refractivity contribution in [1.29, 1.82) is 0 Å². The Hall–Kier alpha value is -1.29. The van der Waals surface area contributed by atoms with Crippen molar-refractivity contribution in [2.75, 3.05) is 12.0 Å². The lowest BCUT2D eigenvalue weighted by Crippen LogP contribution is -2.45. The largest absolute Gasteiger partial charge is 0.306 e. The second kappa shape index (κ2) is 4.70. The summed E-state index contributed by atoms with van der Waals surface area (Å²) < 4.78 is 1.85. The van der Waals surface area contributed by atoms with Crippen LogP contribution in [0.1, 0.15) is 30.7 Å². The highest BCUT2D eigenvalue weighted by Crippen LogP contribution is 2.09. The molecule has 1 aliphatic heterocycles. The predicted molar refractivity (Wildman–Crippen MR) is 63.9 cm³/mol. The van der Waals surface area contributed by atoms with Crippen LogP contribution >= 0.6 is 0 Å². The van der Waals surface area contributed by atoms with Gasteiger partial charge < -0.3 is 5.32 Å². The van der Waals surface area contributed by atoms with E-state index >= 15 is 0 Å². The van der Waals surface area contributed by atoms with Gasteiger partial charge in [-0.05, 0) is 45.4 Å². The summed E-state index contributed by atoms with van der Waals surface area (Å²) in [6.45, 7) is 4.92. The molecule has 4 heteroatoms. The van der Waals surface area contributed by atoms with E-state index in [4.69, 9.17) is 0 Å². The predicted octanol–water partition coefficient (Wildman–Crippen LogP) is 1.32. The molecular formula is C12H19N3O. The van der Waals surface area contributed by atoms with Gasteiger partial charge in [0.05, 0.1) is 6.04 Å². The minimum Gasteiger partial charge on any atom is -0.306 e. The van der Waals surface area contributed by atoms with E-state index in [0.29, 0.717) is 0 Å². The maximum Gasteiger partial charge on any atom is 0.255 e. The zero-order chi connectivity index (χ0) is 11.5. The third kappa shape index (κ3) is 2.27. The molecule has 0 bridgehead atoms. The standard InChI is InChI=1S/C12H19N3O/c1-9-6-7-10(2)15(9)14-12(16)11-5-3-4-8-13-11/h6-7,11,13H,3-5,8H2,1-2H3,(H,14,16)/t11-/m0/s1. The first-order valence-corrected chi connectivity index (χ1v) is 5.87. The van der Waals surface area contributed by atoms with Crippen LogP contribution in [0.15, 0.2) is 12.1 Å². The van der Waals surface area contributed by atoms with Crippen LogP contribution in [0, 0.1) is 13.8 Å². The molecule has 1 fully saturated rings. The van der Waals surface area contributed by atoms with Crippen LogP contribution in [-0.4, -0.2) is 23.2 Å². The molecule has 1 atom stereocenters. The second-order valence-electron chi connectivity index (χ2n) is 4.43. The average molecular weight is 221 g/mol. The second-order valence-corrected chi connectivity index (χ2v) is 4.43. The van der Waals surface area contributed by atoms with Gasteiger partial charge in [-0.25, -0.2) is 0 Å². The average Bonchev–Trinajstić information content (AvgIpc) is 2.62. The van der Waals surface area contributed by atoms with E-state index in [0.717, 1.165) is 30.8 Å². The molecule has 1 saturated heterocycles. The normalized spacial score (nSPS) is 20.8. The van der Waals surface area contributed by atoms with Crippen LogP contribution in [-0.2, 0) is 4.79 Å². The Morgan fingerprint density at radius 1 is 1.38 bits per heavy atom. The zero-order valence-corrected chi connectivity index (χ0v) is 9.92. The lowest BCUT2D eigenvalue weighted by molar-refractivity contribution is -0.119. The summed E-state index contributed by atoms with van der Waals surface area (Å²) in [5.41, 5.74) is 5.06. The Balaban J connectivity index is 2.01. The number of hydrogen-bond acceptors (Lipinski definition) is 2. The number of amides is 1. The molecule has 2 rings (SSSR count). The van der Waals surface area contributed by atoms with Crippen molar-refractivity contribution in [3.05, 3.63) is 23.5 Å². The lowest BCUT2D eigenvalue weighted by Gasteiger charge is -2.23. The Morgan fingerprint density at radius 2 is 2.06 bits per heavy atom. The SMILES string of the molecule is Cc1ccc(C)n1NC(=O)[C@@H]1CCCCN1. The Labute approximate surface area is 96.0 Å². The van der Waals surface area contributed by atoms with Crippen molar-refractivity contribution in [3.63, 3.8) is 0 Å². The molecule has 4 nitrogen and oxygen atoms in total. The maximum absolute atomic E-state index is 12.0. The molecule has 0 spiro atoms. The molecule has 0 unspecified atom stereocenters. The summed E-state index contributed by atoms with van der Waals surface area (Å²) in [4.78, 5) is 12.0. The molecule has 0 radical (unpaired) electrons. The van der Waals surface area contributed by atoms with Gasteiger partial charge in [-0.2, -0.15) is 0 Å². The molecule has 2 heterocycles. The first-order chi connectivity index (χ1) is 7.68. The van der Waals surface area contributed by atoms with Gasteiger partial charge in [0.25, 0.3) is 5.91 Å². The Kier molecular flexibility index (Phi) is 3.29. The van der Waals surface area contributed by atoms with Crippen molar-refractivity contribution >= 4 is 5.91 Å². The third-order valence-corrected chi connectivity index (χ3v) is 3.12. The van der Waals surface area contributed by atoms with Gasteiger partial charge in [-0.1, -0.05) is 6.42 Å². The number of carbonyl (C=O) groups is 1. The summed E-state index contributed by atoms with van der Waals surface area (Å²) in [6.07, 6.45) is 3.24. The summed E-state index contributed by atoms with van der Waals surface area (Å²) in [7, 11) is 0. The number of hydrogen-bond donors (Lipinski definition) is 2. The summed E-state index contributed by atoms with van der Waals surface area (Å²) in [6, 6.07) is 3.98. The van der Waals surface area contributed by atoms with Crippen molar-refractivity contribution < 1.29 is 4.79 Å². The van der Waals surface area contributed by atoms with Gasteiger partial charge in [-0.3, -0.25) is 14.9 Å². The van der Waals surface area contributed by atoms with Crippen LogP contribution < -0.4 is 10.7 Å². The molecule has 0 aromatic carbocycles. The van der Waals surface area contributed by atoms with Gasteiger partial charge in [-0.15, -0.1) is 0 Å². The summed E-state index contributed by atoms with van der Waals surface area (Å²) in [5, 5.41) is 3.24. The quantitative estimate of drug-likeness (QED) is 0.791. The summed E-state index contributed by atoms with van der Waals surface area (Å²) in [5.74, 6) is 0.0714. The van der Waals surface area contributed by atoms with Crippen LogP contribution in [0.2, 0.25) is 0 Å². The first kappa shape index (κ1) is 11.2. The highest BCUT2D eigenvalue weighted by Gasteiger charge is 2.20. The fourth-order valence-corrected chi connectivity index (χ4v) is 2.11. The van der Waals surface area contributed by atoms with Gasteiger partial charge in [0.15, 0.2) is 0 Å². The molecular weight excluding hydrogens is 202 g/mol. The molecule has 1 aromatic rings. The Morgan fingerprint density at radius 3 is 2.62 bits per heavy atom. The molecule has 0 aliphatic carbocycles. The Bertz CT molecular complexity index is 358. The highest BCUT2D eigenvalue weighted by molar-refractivity contribution is 5.89. The molecule has 16 heavy (non-hydrogen) atoms. The van der Waals surface area contributed by atoms with E-state index in [1.807, 2.05) is 30.7 Å². The first-order valence-electron chi connectivity index (χ1n) is 5.87. The topological polar surface area (TPSA) is 46.1 Å². The van der Waals surface area contributed by atoms with E-state index in [1.165, 1.54) is 6.42 Å². The van der Waals surface area contributed by atoms with E-state index < -0.39 is 0 Å². The van der Waals surface area contributed by atoms with Gasteiger partial charge in [0.2, 0.25) is 0 Å². The van der Waals surface area contributed by atoms with E-state index in [1.54, 1.807) is 0 Å². The smallest absolute Gasteiger partial charge is 0.255 e. The van der Waals surface area contributed by atoms with Crippen molar-refractivity contribution in [2.24, 2.45) is 0 Å². The highest BCUT2D eigenvalue weighted by atomic mass is 16.2. The molecule has 0 saturated carbocycles. The molecule has 1 amide bonds. The van der Waals surface area contributed by atoms with E-state index in [-0.39, 0.29) is 11.9 Å². The number of aromatic nitrogens is 1. The van der Waals surface area contributed by atoms with Crippen LogP contribution in [0.5, 0.6) is 0 Å². The summed E-state index contributed by atoms with van der Waals surface area (Å²) >= 11 is 0. The monoisotopic (exact) mass is 221 g/mol. The number of rotatable bonds is 2. The van der Waals surface area contributed by atoms with E-state index in [9.17, 15) is 4.79 Å². The minimum atomic E-state index is -0.0325. The zero-order valence-electron chi connectivity index (χ0n) is 9.92. The molecule has 88 valence electrons. The van der Waals surface area contributed by atoms with Crippen LogP contribution in [0.25, 0.3) is 0 Å². The third-order valence-electron chi connectivity index (χ3n) is 3.12. The fourth-order valence-electron chi connectivity index (χ4n) is 2.11. The van der Waals surface area contributed by atoms with Gasteiger partial charge in [0.1, 0.15) is 0 Å². The van der Waals surface area contributed by atoms with Crippen molar-refractivity contribution in [3.8, 4) is 0 Å². The molecule has 2 N–H and O–H groups in total. The number of piperidine rings is 1. The van der Waals surface area contributed by atoms with Crippen molar-refractivity contribution in [1.82, 2.24) is 9.99 Å². The number of nitrogens with one attached hydrogen (secondary N) is 2. The van der Waals surface area contributed by atoms with Gasteiger partial charge >= 0.3 is 0 Å².